The van der Waals surface area contributed by atoms with Crippen molar-refractivity contribution in [1.82, 2.24) is 20.1 Å². The van der Waals surface area contributed by atoms with Gasteiger partial charge in [-0.2, -0.15) is 5.10 Å². The predicted octanol–water partition coefficient (Wildman–Crippen LogP) is 2.88. The molecule has 1 aliphatic rings. The number of thiazole rings is 1. The van der Waals surface area contributed by atoms with E-state index in [9.17, 15) is 4.79 Å². The Hall–Kier alpha value is -2.29. The number of fused-ring (bicyclic) bond motifs is 1. The molecular weight excluding hydrogens is 350 g/mol. The second-order valence-electron chi connectivity index (χ2n) is 6.69. The van der Waals surface area contributed by atoms with Gasteiger partial charge in [0.15, 0.2) is 5.13 Å². The van der Waals surface area contributed by atoms with Gasteiger partial charge in [-0.1, -0.05) is 12.1 Å². The summed E-state index contributed by atoms with van der Waals surface area (Å²) in [4.78, 5) is 19.5. The number of carbonyl (C=O) groups excluding carboxylic acids is 1. The van der Waals surface area contributed by atoms with Crippen molar-refractivity contribution >= 4 is 33.3 Å². The maximum atomic E-state index is 12.6. The third-order valence-corrected chi connectivity index (χ3v) is 5.18. The molecule has 0 unspecified atom stereocenters. The van der Waals surface area contributed by atoms with E-state index in [1.54, 1.807) is 12.3 Å². The Labute approximate surface area is 155 Å². The number of para-hydroxylation sites is 1. The molecule has 1 aliphatic heterocycles. The lowest BCUT2D eigenvalue weighted by atomic mass is 10.1. The van der Waals surface area contributed by atoms with Gasteiger partial charge in [-0.05, 0) is 19.9 Å². The zero-order valence-electron chi connectivity index (χ0n) is 14.7. The van der Waals surface area contributed by atoms with E-state index in [0.29, 0.717) is 10.7 Å². The summed E-state index contributed by atoms with van der Waals surface area (Å²) in [5.41, 5.74) is 2.26. The number of anilines is 1. The zero-order valence-corrected chi connectivity index (χ0v) is 15.5. The molecule has 2 N–H and O–H groups in total. The van der Waals surface area contributed by atoms with Gasteiger partial charge in [0.2, 0.25) is 0 Å². The van der Waals surface area contributed by atoms with Crippen LogP contribution in [-0.4, -0.2) is 51.3 Å². The average molecular weight is 371 g/mol. The molecule has 136 valence electrons. The normalized spacial score (nSPS) is 21.2. The van der Waals surface area contributed by atoms with Crippen LogP contribution in [0.4, 0.5) is 5.13 Å². The van der Waals surface area contributed by atoms with Gasteiger partial charge in [-0.3, -0.25) is 20.1 Å². The van der Waals surface area contributed by atoms with Gasteiger partial charge in [0.25, 0.3) is 5.91 Å². The number of benzene rings is 1. The van der Waals surface area contributed by atoms with E-state index in [0.717, 1.165) is 36.2 Å². The van der Waals surface area contributed by atoms with Crippen molar-refractivity contribution < 1.29 is 9.53 Å². The molecule has 7 nitrogen and oxygen atoms in total. The maximum absolute atomic E-state index is 12.6. The Morgan fingerprint density at radius 2 is 2.19 bits per heavy atom. The van der Waals surface area contributed by atoms with Gasteiger partial charge in [-0.15, -0.1) is 11.3 Å². The molecule has 26 heavy (non-hydrogen) atoms. The Kier molecular flexibility index (Phi) is 4.71. The van der Waals surface area contributed by atoms with E-state index >= 15 is 0 Å². The lowest BCUT2D eigenvalue weighted by molar-refractivity contribution is -0.0707. The Morgan fingerprint density at radius 1 is 1.38 bits per heavy atom. The van der Waals surface area contributed by atoms with Crippen LogP contribution in [0.1, 0.15) is 29.9 Å². The van der Waals surface area contributed by atoms with Gasteiger partial charge in [0, 0.05) is 30.4 Å². The highest BCUT2D eigenvalue weighted by Crippen LogP contribution is 2.21. The first kappa shape index (κ1) is 17.1. The molecule has 8 heteroatoms. The largest absolute Gasteiger partial charge is 0.373 e. The van der Waals surface area contributed by atoms with Crippen LogP contribution < -0.4 is 5.32 Å². The highest BCUT2D eigenvalue weighted by molar-refractivity contribution is 7.14. The number of ether oxygens (including phenoxy) is 1. The van der Waals surface area contributed by atoms with Crippen molar-refractivity contribution in [2.75, 3.05) is 18.4 Å². The highest BCUT2D eigenvalue weighted by atomic mass is 32.1. The number of aromatic amines is 1. The summed E-state index contributed by atoms with van der Waals surface area (Å²) in [7, 11) is 0. The zero-order chi connectivity index (χ0) is 18.1. The summed E-state index contributed by atoms with van der Waals surface area (Å²) in [6, 6.07) is 5.54. The number of hydrogen-bond donors (Lipinski definition) is 2. The summed E-state index contributed by atoms with van der Waals surface area (Å²) < 4.78 is 5.76. The summed E-state index contributed by atoms with van der Waals surface area (Å²) in [6.45, 7) is 6.73. The number of nitrogens with one attached hydrogen (secondary N) is 2. The third kappa shape index (κ3) is 3.62. The molecule has 2 atom stereocenters. The number of H-pyrrole nitrogens is 1. The van der Waals surface area contributed by atoms with Crippen molar-refractivity contribution in [2.24, 2.45) is 0 Å². The highest BCUT2D eigenvalue weighted by Gasteiger charge is 2.23. The monoisotopic (exact) mass is 371 g/mol. The molecule has 3 heterocycles. The molecule has 4 rings (SSSR count). The number of aromatic nitrogens is 3. The lowest BCUT2D eigenvalue weighted by Crippen LogP contribution is -2.44. The fraction of sp³-hybridized carbons (Fsp3) is 0.389. The molecule has 1 saturated heterocycles. The Bertz CT molecular complexity index is 911. The summed E-state index contributed by atoms with van der Waals surface area (Å²) in [6.07, 6.45) is 2.16. The SMILES string of the molecule is C[C@H]1CN(Cc2csc(NC(=O)c3cccc4cn[nH]c34)n2)C[C@H](C)O1. The molecule has 1 aromatic carbocycles. The second-order valence-corrected chi connectivity index (χ2v) is 7.55. The predicted molar refractivity (Wildman–Crippen MR) is 101 cm³/mol. The Morgan fingerprint density at radius 3 is 3.00 bits per heavy atom. The van der Waals surface area contributed by atoms with Crippen molar-refractivity contribution in [2.45, 2.75) is 32.6 Å². The van der Waals surface area contributed by atoms with Crippen LogP contribution in [0.5, 0.6) is 0 Å². The Balaban J connectivity index is 1.43. The second kappa shape index (κ2) is 7.14. The molecule has 0 spiro atoms. The molecule has 1 fully saturated rings. The van der Waals surface area contributed by atoms with Crippen molar-refractivity contribution in [1.29, 1.82) is 0 Å². The molecule has 0 aliphatic carbocycles. The van der Waals surface area contributed by atoms with Crippen LogP contribution in [0, 0.1) is 0 Å². The molecule has 3 aromatic rings. The van der Waals surface area contributed by atoms with Crippen LogP contribution in [0.25, 0.3) is 10.9 Å². The summed E-state index contributed by atoms with van der Waals surface area (Å²) >= 11 is 1.44. The van der Waals surface area contributed by atoms with Crippen LogP contribution in [0.15, 0.2) is 29.8 Å². The van der Waals surface area contributed by atoms with Gasteiger partial charge in [0.05, 0.1) is 35.2 Å². The molecule has 1 amide bonds. The van der Waals surface area contributed by atoms with Crippen LogP contribution in [0.2, 0.25) is 0 Å². The fourth-order valence-electron chi connectivity index (χ4n) is 3.40. The number of nitrogens with zero attached hydrogens (tertiary/aromatic N) is 3. The molecule has 2 aromatic heterocycles. The standard InChI is InChI=1S/C18H21N5O2S/c1-11-7-23(8-12(2)25-11)9-14-10-26-18(20-14)21-17(24)15-5-3-4-13-6-19-22-16(13)15/h3-6,10-12H,7-9H2,1-2H3,(H,19,22)(H,20,21,24)/t11-,12-/m0/s1. The van der Waals surface area contributed by atoms with E-state index in [-0.39, 0.29) is 18.1 Å². The first-order chi connectivity index (χ1) is 12.6. The average Bonchev–Trinajstić information content (AvgIpc) is 3.22. The van der Waals surface area contributed by atoms with Crippen molar-refractivity contribution in [3.63, 3.8) is 0 Å². The van der Waals surface area contributed by atoms with E-state index < -0.39 is 0 Å². The van der Waals surface area contributed by atoms with Crippen molar-refractivity contribution in [3.05, 3.63) is 41.0 Å². The van der Waals surface area contributed by atoms with E-state index in [4.69, 9.17) is 4.74 Å². The lowest BCUT2D eigenvalue weighted by Gasteiger charge is -2.34. The van der Waals surface area contributed by atoms with E-state index in [1.165, 1.54) is 11.3 Å². The minimum atomic E-state index is -0.186. The number of amides is 1. The summed E-state index contributed by atoms with van der Waals surface area (Å²) in [5, 5.41) is 13.3. The van der Waals surface area contributed by atoms with Gasteiger partial charge in [0.1, 0.15) is 0 Å². The first-order valence-electron chi connectivity index (χ1n) is 8.64. The molecule has 0 saturated carbocycles. The van der Waals surface area contributed by atoms with Crippen LogP contribution in [-0.2, 0) is 11.3 Å². The number of carbonyl (C=O) groups is 1. The van der Waals surface area contributed by atoms with E-state index in [2.05, 4.69) is 39.2 Å². The van der Waals surface area contributed by atoms with Crippen molar-refractivity contribution in [3.8, 4) is 0 Å². The number of rotatable bonds is 4. The summed E-state index contributed by atoms with van der Waals surface area (Å²) in [5.74, 6) is -0.186. The van der Waals surface area contributed by atoms with Gasteiger partial charge in [-0.25, -0.2) is 4.98 Å². The minimum Gasteiger partial charge on any atom is -0.373 e. The number of morpholine rings is 1. The van der Waals surface area contributed by atoms with E-state index in [1.807, 2.05) is 17.5 Å². The maximum Gasteiger partial charge on any atom is 0.259 e. The first-order valence-corrected chi connectivity index (χ1v) is 9.52. The van der Waals surface area contributed by atoms with Gasteiger partial charge < -0.3 is 4.74 Å². The van der Waals surface area contributed by atoms with Gasteiger partial charge >= 0.3 is 0 Å². The van der Waals surface area contributed by atoms with Crippen LogP contribution in [0.3, 0.4) is 0 Å². The van der Waals surface area contributed by atoms with Crippen LogP contribution >= 0.6 is 11.3 Å². The topological polar surface area (TPSA) is 83.1 Å². The fourth-order valence-corrected chi connectivity index (χ4v) is 4.10. The molecular formula is C18H21N5O2S. The molecule has 0 radical (unpaired) electrons. The number of hydrogen-bond acceptors (Lipinski definition) is 6. The minimum absolute atomic E-state index is 0.186. The quantitative estimate of drug-likeness (QED) is 0.737. The third-order valence-electron chi connectivity index (χ3n) is 4.37. The smallest absolute Gasteiger partial charge is 0.259 e. The molecule has 0 bridgehead atoms.